The predicted molar refractivity (Wildman–Crippen MR) is 93.5 cm³/mol. The number of fused-ring (bicyclic) bond motifs is 1. The van der Waals surface area contributed by atoms with Crippen LogP contribution in [0.2, 0.25) is 0 Å². The number of aliphatic carboxylic acids is 1. The normalized spacial score (nSPS) is 18.8. The summed E-state index contributed by atoms with van der Waals surface area (Å²) < 4.78 is 5.26. The van der Waals surface area contributed by atoms with Gasteiger partial charge in [-0.05, 0) is 42.7 Å². The van der Waals surface area contributed by atoms with E-state index in [1.165, 1.54) is 0 Å². The molecular weight excluding hydrogens is 322 g/mol. The molecule has 0 amide bonds. The number of aliphatic hydroxyl groups excluding tert-OH is 1. The number of hydrogen-bond donors (Lipinski definition) is 3. The summed E-state index contributed by atoms with van der Waals surface area (Å²) in [6.45, 7) is 1.52. The van der Waals surface area contributed by atoms with Crippen LogP contribution in [0.4, 0.5) is 0 Å². The molecule has 2 heterocycles. The number of likely N-dealkylation sites (tertiary alicyclic amines) is 1. The number of carboxylic acids is 1. The van der Waals surface area contributed by atoms with Gasteiger partial charge in [-0.25, -0.2) is 0 Å². The number of rotatable bonds is 5. The first-order chi connectivity index (χ1) is 11.9. The van der Waals surface area contributed by atoms with Gasteiger partial charge in [-0.2, -0.15) is 0 Å². The van der Waals surface area contributed by atoms with Crippen molar-refractivity contribution in [3.05, 3.63) is 36.0 Å². The minimum atomic E-state index is -1.15. The Morgan fingerprint density at radius 2 is 2.12 bits per heavy atom. The average molecular weight is 345 g/mol. The predicted octanol–water partition coefficient (Wildman–Crippen LogP) is 1.15. The standard InChI is InChI=1S/C18H23N3O4/c1-25-12-2-3-15-14(10-12)13(4-7-20-15)16(22)11-21-8-5-18(19,6-9-21)17(23)24/h2-4,7,10,16,22H,5-6,8-9,11,19H2,1H3,(H,23,24). The smallest absolute Gasteiger partial charge is 0.323 e. The van der Waals surface area contributed by atoms with Gasteiger partial charge in [0.1, 0.15) is 11.3 Å². The summed E-state index contributed by atoms with van der Waals surface area (Å²) in [6, 6.07) is 7.37. The lowest BCUT2D eigenvalue weighted by atomic mass is 9.88. The second kappa shape index (κ2) is 6.95. The van der Waals surface area contributed by atoms with Crippen LogP contribution in [0.3, 0.4) is 0 Å². The highest BCUT2D eigenvalue weighted by Crippen LogP contribution is 2.28. The van der Waals surface area contributed by atoms with E-state index in [0.717, 1.165) is 16.5 Å². The van der Waals surface area contributed by atoms with E-state index in [1.807, 2.05) is 23.1 Å². The van der Waals surface area contributed by atoms with Gasteiger partial charge in [-0.3, -0.25) is 9.78 Å². The van der Waals surface area contributed by atoms with Crippen molar-refractivity contribution in [1.82, 2.24) is 9.88 Å². The monoisotopic (exact) mass is 345 g/mol. The number of carbonyl (C=O) groups is 1. The highest BCUT2D eigenvalue weighted by atomic mass is 16.5. The fourth-order valence-electron chi connectivity index (χ4n) is 3.26. The molecule has 7 nitrogen and oxygen atoms in total. The number of benzene rings is 1. The number of β-amino-alcohol motifs (C(OH)–C–C–N with tert-alkyl or cyclic N) is 1. The van der Waals surface area contributed by atoms with Crippen LogP contribution in [-0.4, -0.2) is 58.3 Å². The summed E-state index contributed by atoms with van der Waals surface area (Å²) in [6.07, 6.45) is 1.73. The molecule has 1 aliphatic heterocycles. The Hall–Kier alpha value is -2.22. The van der Waals surface area contributed by atoms with Crippen molar-refractivity contribution in [3.63, 3.8) is 0 Å². The third kappa shape index (κ3) is 3.58. The Balaban J connectivity index is 1.75. The molecule has 7 heteroatoms. The fraction of sp³-hybridized carbons (Fsp3) is 0.444. The van der Waals surface area contributed by atoms with Crippen LogP contribution >= 0.6 is 0 Å². The quantitative estimate of drug-likeness (QED) is 0.746. The molecule has 1 atom stereocenters. The maximum atomic E-state index is 11.2. The Morgan fingerprint density at radius 1 is 1.40 bits per heavy atom. The molecule has 4 N–H and O–H groups in total. The van der Waals surface area contributed by atoms with E-state index in [4.69, 9.17) is 10.5 Å². The van der Waals surface area contributed by atoms with Crippen molar-refractivity contribution in [1.29, 1.82) is 0 Å². The number of aromatic nitrogens is 1. The summed E-state index contributed by atoms with van der Waals surface area (Å²) in [4.78, 5) is 17.6. The lowest BCUT2D eigenvalue weighted by Gasteiger charge is -2.37. The Morgan fingerprint density at radius 3 is 2.76 bits per heavy atom. The summed E-state index contributed by atoms with van der Waals surface area (Å²) in [5, 5.41) is 20.8. The maximum absolute atomic E-state index is 11.2. The number of pyridine rings is 1. The second-order valence-electron chi connectivity index (χ2n) is 6.56. The SMILES string of the molecule is COc1ccc2nccc(C(O)CN3CCC(N)(C(=O)O)CC3)c2c1. The fourth-order valence-corrected chi connectivity index (χ4v) is 3.26. The first-order valence-electron chi connectivity index (χ1n) is 8.28. The molecule has 1 unspecified atom stereocenters. The molecule has 3 rings (SSSR count). The Labute approximate surface area is 146 Å². The molecule has 25 heavy (non-hydrogen) atoms. The van der Waals surface area contributed by atoms with Crippen molar-refractivity contribution in [3.8, 4) is 5.75 Å². The zero-order valence-electron chi connectivity index (χ0n) is 14.2. The lowest BCUT2D eigenvalue weighted by Crippen LogP contribution is -2.56. The van der Waals surface area contributed by atoms with E-state index < -0.39 is 17.6 Å². The summed E-state index contributed by atoms with van der Waals surface area (Å²) in [5.41, 5.74) is 6.33. The van der Waals surface area contributed by atoms with E-state index in [-0.39, 0.29) is 0 Å². The highest BCUT2D eigenvalue weighted by Gasteiger charge is 2.37. The Bertz CT molecular complexity index is 772. The number of carboxylic acid groups (broad SMARTS) is 1. The van der Waals surface area contributed by atoms with E-state index in [2.05, 4.69) is 4.98 Å². The number of ether oxygens (including phenoxy) is 1. The van der Waals surface area contributed by atoms with Gasteiger partial charge in [0.2, 0.25) is 0 Å². The van der Waals surface area contributed by atoms with Gasteiger partial charge in [0.25, 0.3) is 0 Å². The van der Waals surface area contributed by atoms with Crippen molar-refractivity contribution >= 4 is 16.9 Å². The van der Waals surface area contributed by atoms with Crippen molar-refractivity contribution < 1.29 is 19.7 Å². The van der Waals surface area contributed by atoms with Crippen LogP contribution < -0.4 is 10.5 Å². The molecule has 1 aliphatic rings. The second-order valence-corrected chi connectivity index (χ2v) is 6.56. The van der Waals surface area contributed by atoms with Crippen molar-refractivity contribution in [2.75, 3.05) is 26.7 Å². The Kier molecular flexibility index (Phi) is 4.89. The van der Waals surface area contributed by atoms with Crippen LogP contribution in [0.5, 0.6) is 5.75 Å². The van der Waals surface area contributed by atoms with Gasteiger partial charge in [-0.1, -0.05) is 0 Å². The number of nitrogens with zero attached hydrogens (tertiary/aromatic N) is 2. The van der Waals surface area contributed by atoms with Gasteiger partial charge >= 0.3 is 5.97 Å². The third-order valence-electron chi connectivity index (χ3n) is 4.95. The summed E-state index contributed by atoms with van der Waals surface area (Å²) >= 11 is 0. The maximum Gasteiger partial charge on any atom is 0.323 e. The summed E-state index contributed by atoms with van der Waals surface area (Å²) in [7, 11) is 1.60. The summed E-state index contributed by atoms with van der Waals surface area (Å²) in [5.74, 6) is -0.249. The topological polar surface area (TPSA) is 109 Å². The largest absolute Gasteiger partial charge is 0.497 e. The first kappa shape index (κ1) is 17.6. The number of aliphatic hydroxyl groups is 1. The number of hydrogen-bond acceptors (Lipinski definition) is 6. The first-order valence-corrected chi connectivity index (χ1v) is 8.28. The third-order valence-corrected chi connectivity index (χ3v) is 4.95. The molecule has 1 fully saturated rings. The van der Waals surface area contributed by atoms with Gasteiger partial charge in [0.05, 0.1) is 18.7 Å². The van der Waals surface area contributed by atoms with E-state index >= 15 is 0 Å². The zero-order chi connectivity index (χ0) is 18.0. The molecule has 1 saturated heterocycles. The molecule has 1 aromatic heterocycles. The number of piperidine rings is 1. The molecule has 0 bridgehead atoms. The van der Waals surface area contributed by atoms with Crippen molar-refractivity contribution in [2.24, 2.45) is 5.73 Å². The minimum absolute atomic E-state index is 0.375. The lowest BCUT2D eigenvalue weighted by molar-refractivity contribution is -0.145. The molecule has 2 aromatic rings. The van der Waals surface area contributed by atoms with Gasteiger partial charge in [0.15, 0.2) is 0 Å². The van der Waals surface area contributed by atoms with E-state index in [9.17, 15) is 15.0 Å². The van der Waals surface area contributed by atoms with Crippen LogP contribution in [0.1, 0.15) is 24.5 Å². The van der Waals surface area contributed by atoms with Crippen LogP contribution in [0, 0.1) is 0 Å². The molecular formula is C18H23N3O4. The highest BCUT2D eigenvalue weighted by molar-refractivity contribution is 5.83. The molecule has 134 valence electrons. The number of methoxy groups -OCH3 is 1. The molecule has 0 radical (unpaired) electrons. The van der Waals surface area contributed by atoms with E-state index in [1.54, 1.807) is 19.4 Å². The molecule has 0 spiro atoms. The van der Waals surface area contributed by atoms with Gasteiger partial charge < -0.3 is 25.6 Å². The van der Waals surface area contributed by atoms with E-state index in [0.29, 0.717) is 38.2 Å². The molecule has 0 aliphatic carbocycles. The average Bonchev–Trinajstić information content (AvgIpc) is 2.62. The van der Waals surface area contributed by atoms with Crippen LogP contribution in [0.15, 0.2) is 30.5 Å². The van der Waals surface area contributed by atoms with Gasteiger partial charge in [-0.15, -0.1) is 0 Å². The van der Waals surface area contributed by atoms with Crippen LogP contribution in [0.25, 0.3) is 10.9 Å². The zero-order valence-corrected chi connectivity index (χ0v) is 14.2. The number of nitrogens with two attached hydrogens (primary N) is 1. The molecule has 1 aromatic carbocycles. The minimum Gasteiger partial charge on any atom is -0.497 e. The van der Waals surface area contributed by atoms with Crippen molar-refractivity contribution in [2.45, 2.75) is 24.5 Å². The molecule has 0 saturated carbocycles. The van der Waals surface area contributed by atoms with Gasteiger partial charge in [0, 0.05) is 31.2 Å². The van der Waals surface area contributed by atoms with Crippen LogP contribution in [-0.2, 0) is 4.79 Å².